The first-order valence-corrected chi connectivity index (χ1v) is 5.09. The van der Waals surface area contributed by atoms with E-state index < -0.39 is 30.5 Å². The van der Waals surface area contributed by atoms with Crippen molar-refractivity contribution in [2.24, 2.45) is 5.73 Å². The second-order valence-electron chi connectivity index (χ2n) is 3.57. The first-order chi connectivity index (χ1) is 8.40. The average Bonchev–Trinajstić information content (AvgIpc) is 2.26. The van der Waals surface area contributed by atoms with Crippen molar-refractivity contribution >= 4 is 11.9 Å². The molecule has 0 aromatic heterocycles. The maximum Gasteiger partial charge on any atom is 0.318 e. The molecule has 0 fully saturated rings. The minimum absolute atomic E-state index is 0.154. The summed E-state index contributed by atoms with van der Waals surface area (Å²) in [5.41, 5.74) is 5.11. The quantitative estimate of drug-likeness (QED) is 0.728. The van der Waals surface area contributed by atoms with Crippen molar-refractivity contribution in [3.63, 3.8) is 0 Å². The Hall–Kier alpha value is -2.15. The van der Waals surface area contributed by atoms with Crippen molar-refractivity contribution in [3.8, 4) is 5.75 Å². The number of hydrogen-bond donors (Lipinski definition) is 3. The van der Waals surface area contributed by atoms with Crippen molar-refractivity contribution in [2.45, 2.75) is 13.0 Å². The third kappa shape index (κ3) is 4.02. The largest absolute Gasteiger partial charge is 0.481 e. The van der Waals surface area contributed by atoms with Crippen LogP contribution in [0.4, 0.5) is 9.18 Å². The van der Waals surface area contributed by atoms with Gasteiger partial charge in [0.2, 0.25) is 0 Å². The summed E-state index contributed by atoms with van der Waals surface area (Å²) in [6, 6.07) is 2.85. The summed E-state index contributed by atoms with van der Waals surface area (Å²) in [5.74, 6) is -1.64. The van der Waals surface area contributed by atoms with Gasteiger partial charge in [0.1, 0.15) is 0 Å². The van der Waals surface area contributed by atoms with Crippen LogP contribution in [0.1, 0.15) is 18.6 Å². The van der Waals surface area contributed by atoms with E-state index in [1.807, 2.05) is 0 Å². The molecule has 1 rings (SSSR count). The monoisotopic (exact) mass is 256 g/mol. The van der Waals surface area contributed by atoms with Crippen LogP contribution in [0.3, 0.4) is 0 Å². The highest BCUT2D eigenvalue weighted by Crippen LogP contribution is 2.21. The predicted octanol–water partition coefficient (Wildman–Crippen LogP) is 0.453. The maximum atomic E-state index is 13.5. The number of urea groups is 1. The lowest BCUT2D eigenvalue weighted by Gasteiger charge is -2.09. The maximum absolute atomic E-state index is 13.5. The lowest BCUT2D eigenvalue weighted by molar-refractivity contribution is -0.121. The van der Waals surface area contributed by atoms with Gasteiger partial charge in [-0.3, -0.25) is 10.1 Å². The number of nitrogens with one attached hydrogen (secondary N) is 1. The topological polar surface area (TPSA) is 102 Å². The van der Waals surface area contributed by atoms with E-state index in [9.17, 15) is 19.1 Å². The zero-order chi connectivity index (χ0) is 13.7. The summed E-state index contributed by atoms with van der Waals surface area (Å²) in [7, 11) is 0. The number of imide groups is 1. The number of hydrogen-bond acceptors (Lipinski definition) is 4. The number of nitrogens with two attached hydrogens (primary N) is 1. The van der Waals surface area contributed by atoms with E-state index in [1.54, 1.807) is 5.32 Å². The summed E-state index contributed by atoms with van der Waals surface area (Å²) in [6.45, 7) is 0.962. The van der Waals surface area contributed by atoms with Gasteiger partial charge in [0, 0.05) is 0 Å². The van der Waals surface area contributed by atoms with Crippen LogP contribution in [0, 0.1) is 5.82 Å². The van der Waals surface area contributed by atoms with Gasteiger partial charge in [0.25, 0.3) is 5.91 Å². The molecule has 0 spiro atoms. The number of amides is 3. The van der Waals surface area contributed by atoms with Crippen LogP contribution in [-0.2, 0) is 4.79 Å². The van der Waals surface area contributed by atoms with Gasteiger partial charge in [-0.2, -0.15) is 0 Å². The molecule has 6 nitrogen and oxygen atoms in total. The molecule has 18 heavy (non-hydrogen) atoms. The zero-order valence-corrected chi connectivity index (χ0v) is 9.64. The second-order valence-corrected chi connectivity index (χ2v) is 3.57. The number of ether oxygens (including phenoxy) is 1. The highest BCUT2D eigenvalue weighted by Gasteiger charge is 2.10. The van der Waals surface area contributed by atoms with Crippen LogP contribution in [0.5, 0.6) is 5.75 Å². The number of carbonyl (C=O) groups excluding carboxylic acids is 2. The van der Waals surface area contributed by atoms with E-state index >= 15 is 0 Å². The molecule has 1 atom stereocenters. The Labute approximate surface area is 103 Å². The van der Waals surface area contributed by atoms with Gasteiger partial charge < -0.3 is 15.6 Å². The number of aliphatic hydroxyl groups excluding tert-OH is 1. The average molecular weight is 256 g/mol. The minimum Gasteiger partial charge on any atom is -0.481 e. The Kier molecular flexibility index (Phi) is 4.61. The lowest BCUT2D eigenvalue weighted by atomic mass is 10.1. The molecule has 7 heteroatoms. The van der Waals surface area contributed by atoms with Crippen LogP contribution < -0.4 is 15.8 Å². The molecule has 0 bridgehead atoms. The number of rotatable bonds is 4. The molecule has 98 valence electrons. The van der Waals surface area contributed by atoms with Crippen LogP contribution >= 0.6 is 0 Å². The van der Waals surface area contributed by atoms with E-state index in [-0.39, 0.29) is 5.75 Å². The van der Waals surface area contributed by atoms with Gasteiger partial charge in [-0.25, -0.2) is 9.18 Å². The van der Waals surface area contributed by atoms with Gasteiger partial charge in [0.05, 0.1) is 6.10 Å². The van der Waals surface area contributed by atoms with Gasteiger partial charge in [-0.15, -0.1) is 0 Å². The number of primary amides is 1. The fourth-order valence-electron chi connectivity index (χ4n) is 1.21. The summed E-state index contributed by atoms with van der Waals surface area (Å²) in [5, 5.41) is 11.0. The molecule has 4 N–H and O–H groups in total. The molecule has 0 aliphatic carbocycles. The highest BCUT2D eigenvalue weighted by atomic mass is 19.1. The van der Waals surface area contributed by atoms with Gasteiger partial charge in [0.15, 0.2) is 18.2 Å². The molecule has 1 aromatic carbocycles. The second kappa shape index (κ2) is 5.97. The van der Waals surface area contributed by atoms with Crippen LogP contribution in [0.2, 0.25) is 0 Å². The van der Waals surface area contributed by atoms with Crippen molar-refractivity contribution in [2.75, 3.05) is 6.61 Å². The number of halogens is 1. The third-order valence-electron chi connectivity index (χ3n) is 2.06. The molecular weight excluding hydrogens is 243 g/mol. The van der Waals surface area contributed by atoms with Gasteiger partial charge in [-0.1, -0.05) is 6.07 Å². The van der Waals surface area contributed by atoms with Gasteiger partial charge in [-0.05, 0) is 24.6 Å². The standard InChI is InChI=1S/C11H13FN2O4/c1-6(15)7-2-3-9(8(12)4-7)18-5-10(16)14-11(13)17/h2-4,6,15H,5H2,1H3,(H3,13,14,16,17)/t6-/m1/s1. The summed E-state index contributed by atoms with van der Waals surface area (Å²) >= 11 is 0. The fourth-order valence-corrected chi connectivity index (χ4v) is 1.21. The fraction of sp³-hybridized carbons (Fsp3) is 0.273. The molecule has 0 saturated carbocycles. The molecule has 0 radical (unpaired) electrons. The molecule has 0 aliphatic heterocycles. The molecule has 0 saturated heterocycles. The smallest absolute Gasteiger partial charge is 0.318 e. The van der Waals surface area contributed by atoms with Crippen molar-refractivity contribution in [1.82, 2.24) is 5.32 Å². The Bertz CT molecular complexity index is 462. The van der Waals surface area contributed by atoms with Crippen LogP contribution in [-0.4, -0.2) is 23.7 Å². The van der Waals surface area contributed by atoms with E-state index in [4.69, 9.17) is 10.5 Å². The van der Waals surface area contributed by atoms with E-state index in [0.717, 1.165) is 6.07 Å². The number of aliphatic hydroxyl groups is 1. The molecular formula is C11H13FN2O4. The Morgan fingerprint density at radius 3 is 2.72 bits per heavy atom. The van der Waals surface area contributed by atoms with Crippen LogP contribution in [0.15, 0.2) is 18.2 Å². The van der Waals surface area contributed by atoms with E-state index in [0.29, 0.717) is 5.56 Å². The molecule has 1 aromatic rings. The predicted molar refractivity (Wildman–Crippen MR) is 60.3 cm³/mol. The summed E-state index contributed by atoms with van der Waals surface area (Å²) in [6.07, 6.45) is -0.799. The van der Waals surface area contributed by atoms with Crippen LogP contribution in [0.25, 0.3) is 0 Å². The van der Waals surface area contributed by atoms with Gasteiger partial charge >= 0.3 is 6.03 Å². The first kappa shape index (κ1) is 13.9. The van der Waals surface area contributed by atoms with E-state index in [2.05, 4.69) is 0 Å². The minimum atomic E-state index is -1.01. The van der Waals surface area contributed by atoms with Crippen molar-refractivity contribution in [3.05, 3.63) is 29.6 Å². The Morgan fingerprint density at radius 2 is 2.22 bits per heavy atom. The highest BCUT2D eigenvalue weighted by molar-refractivity contribution is 5.94. The van der Waals surface area contributed by atoms with E-state index in [1.165, 1.54) is 19.1 Å². The summed E-state index contributed by atoms with van der Waals surface area (Å²) in [4.78, 5) is 21.4. The molecule has 0 unspecified atom stereocenters. The molecule has 0 heterocycles. The van der Waals surface area contributed by atoms with Crippen molar-refractivity contribution < 1.29 is 23.8 Å². The third-order valence-corrected chi connectivity index (χ3v) is 2.06. The number of benzene rings is 1. The normalized spacial score (nSPS) is 11.7. The number of carbonyl (C=O) groups is 2. The summed E-state index contributed by atoms with van der Waals surface area (Å²) < 4.78 is 18.3. The van der Waals surface area contributed by atoms with Crippen molar-refractivity contribution in [1.29, 1.82) is 0 Å². The lowest BCUT2D eigenvalue weighted by Crippen LogP contribution is -2.38. The zero-order valence-electron chi connectivity index (χ0n) is 9.64. The molecule has 3 amide bonds. The Balaban J connectivity index is 2.63. The SMILES string of the molecule is C[C@@H](O)c1ccc(OCC(=O)NC(N)=O)c(F)c1. The Morgan fingerprint density at radius 1 is 1.56 bits per heavy atom. The molecule has 0 aliphatic rings. The first-order valence-electron chi connectivity index (χ1n) is 5.09.